The molecule has 1 N–H and O–H groups in total. The number of pyridine rings is 1. The summed E-state index contributed by atoms with van der Waals surface area (Å²) in [6.07, 6.45) is -7.47. The summed E-state index contributed by atoms with van der Waals surface area (Å²) in [5.41, 5.74) is -0.361. The third kappa shape index (κ3) is 7.74. The summed E-state index contributed by atoms with van der Waals surface area (Å²) in [6, 6.07) is 5.15. The van der Waals surface area contributed by atoms with Crippen LogP contribution in [-0.4, -0.2) is 38.5 Å². The van der Waals surface area contributed by atoms with Gasteiger partial charge in [-0.05, 0) is 54.7 Å². The minimum absolute atomic E-state index is 0.115. The third-order valence-electron chi connectivity index (χ3n) is 5.32. The molecule has 1 aliphatic heterocycles. The maximum Gasteiger partial charge on any atom is 0.416 e. The van der Waals surface area contributed by atoms with E-state index in [-0.39, 0.29) is 17.7 Å². The number of benzene rings is 1. The number of carbonyl (C=O) groups excluding carboxylic acids is 1. The summed E-state index contributed by atoms with van der Waals surface area (Å²) in [6.45, 7) is -1.32. The molecule has 0 spiro atoms. The SMILES string of the molecule is O=C(Cc1cc(C(F)(F)F)ccn1)Cc1cc(S(=O)(=O)NCC(F)(F)F)ccc1C1CCCCO1. The molecule has 1 saturated heterocycles. The molecule has 2 heterocycles. The van der Waals surface area contributed by atoms with Crippen LogP contribution in [0.1, 0.15) is 47.8 Å². The molecule has 192 valence electrons. The molecule has 1 atom stereocenters. The molecule has 0 bridgehead atoms. The van der Waals surface area contributed by atoms with E-state index < -0.39 is 57.7 Å². The molecule has 1 aromatic heterocycles. The van der Waals surface area contributed by atoms with Gasteiger partial charge in [0, 0.05) is 31.3 Å². The Morgan fingerprint density at radius 2 is 1.80 bits per heavy atom. The molecular weight excluding hydrogens is 502 g/mol. The summed E-state index contributed by atoms with van der Waals surface area (Å²) in [7, 11) is -4.54. The van der Waals surface area contributed by atoms with Crippen molar-refractivity contribution in [3.05, 3.63) is 58.9 Å². The molecule has 1 aromatic carbocycles. The first-order chi connectivity index (χ1) is 16.2. The lowest BCUT2D eigenvalue weighted by Gasteiger charge is -2.25. The summed E-state index contributed by atoms with van der Waals surface area (Å²) < 4.78 is 108. The fraction of sp³-hybridized carbons (Fsp3) is 0.455. The second-order valence-electron chi connectivity index (χ2n) is 8.08. The van der Waals surface area contributed by atoms with E-state index in [1.54, 1.807) is 0 Å². The Labute approximate surface area is 197 Å². The van der Waals surface area contributed by atoms with Gasteiger partial charge >= 0.3 is 12.4 Å². The number of nitrogens with one attached hydrogen (secondary N) is 1. The number of hydrogen-bond donors (Lipinski definition) is 1. The number of halogens is 6. The number of alkyl halides is 6. The maximum atomic E-state index is 12.9. The second-order valence-corrected chi connectivity index (χ2v) is 9.85. The van der Waals surface area contributed by atoms with Gasteiger partial charge in [0.15, 0.2) is 0 Å². The number of rotatable bonds is 8. The lowest BCUT2D eigenvalue weighted by atomic mass is 9.93. The summed E-state index contributed by atoms with van der Waals surface area (Å²) >= 11 is 0. The minimum atomic E-state index is -4.76. The highest BCUT2D eigenvalue weighted by Gasteiger charge is 2.32. The largest absolute Gasteiger partial charge is 0.416 e. The molecule has 1 fully saturated rings. The zero-order valence-corrected chi connectivity index (χ0v) is 19.1. The van der Waals surface area contributed by atoms with E-state index in [1.165, 1.54) is 10.8 Å². The first kappa shape index (κ1) is 27.1. The van der Waals surface area contributed by atoms with Gasteiger partial charge in [0.25, 0.3) is 0 Å². The Morgan fingerprint density at radius 3 is 2.43 bits per heavy atom. The first-order valence-electron chi connectivity index (χ1n) is 10.6. The lowest BCUT2D eigenvalue weighted by Crippen LogP contribution is -2.33. The van der Waals surface area contributed by atoms with Gasteiger partial charge in [-0.2, -0.15) is 26.3 Å². The normalized spacial score (nSPS) is 17.4. The molecule has 13 heteroatoms. The first-order valence-corrected chi connectivity index (χ1v) is 12.1. The van der Waals surface area contributed by atoms with Crippen molar-refractivity contribution in [2.75, 3.05) is 13.2 Å². The molecule has 1 aliphatic rings. The molecule has 0 aliphatic carbocycles. The molecule has 35 heavy (non-hydrogen) atoms. The van der Waals surface area contributed by atoms with Crippen molar-refractivity contribution in [3.63, 3.8) is 0 Å². The fourth-order valence-electron chi connectivity index (χ4n) is 3.69. The predicted octanol–water partition coefficient (Wildman–Crippen LogP) is 4.54. The zero-order chi connectivity index (χ0) is 25.9. The van der Waals surface area contributed by atoms with Crippen LogP contribution in [-0.2, 0) is 38.6 Å². The van der Waals surface area contributed by atoms with Crippen LogP contribution in [0.3, 0.4) is 0 Å². The minimum Gasteiger partial charge on any atom is -0.374 e. The Balaban J connectivity index is 1.87. The van der Waals surface area contributed by atoms with E-state index in [9.17, 15) is 39.6 Å². The van der Waals surface area contributed by atoms with Crippen LogP contribution in [0.4, 0.5) is 26.3 Å². The van der Waals surface area contributed by atoms with Crippen molar-refractivity contribution in [1.82, 2.24) is 9.71 Å². The van der Waals surface area contributed by atoms with Gasteiger partial charge in [-0.1, -0.05) is 6.07 Å². The fourth-order valence-corrected chi connectivity index (χ4v) is 4.76. The average Bonchev–Trinajstić information content (AvgIpc) is 2.77. The van der Waals surface area contributed by atoms with Crippen LogP contribution in [0.15, 0.2) is 41.4 Å². The van der Waals surface area contributed by atoms with Crippen LogP contribution in [0, 0.1) is 0 Å². The third-order valence-corrected chi connectivity index (χ3v) is 6.72. The standard InChI is InChI=1S/C22H22F6N2O4S/c23-21(24,25)13-30-35(32,33)18-4-5-19(20-3-1-2-8-34-20)14(10-18)9-17(31)12-16-11-15(6-7-29-16)22(26,27)28/h4-7,10-11,20,30H,1-3,8-9,12-13H2. The highest BCUT2D eigenvalue weighted by molar-refractivity contribution is 7.89. The highest BCUT2D eigenvalue weighted by atomic mass is 32.2. The number of Topliss-reactive ketones (excluding diaryl/α,β-unsaturated/α-hetero) is 1. The van der Waals surface area contributed by atoms with Gasteiger partial charge < -0.3 is 4.74 Å². The molecule has 3 rings (SSSR count). The number of nitrogens with zero attached hydrogens (tertiary/aromatic N) is 1. The van der Waals surface area contributed by atoms with Gasteiger partial charge in [-0.25, -0.2) is 13.1 Å². The second kappa shape index (κ2) is 10.6. The number of ether oxygens (including phenoxy) is 1. The van der Waals surface area contributed by atoms with Crippen LogP contribution < -0.4 is 4.72 Å². The van der Waals surface area contributed by atoms with Crippen LogP contribution >= 0.6 is 0 Å². The van der Waals surface area contributed by atoms with Crippen LogP contribution in [0.25, 0.3) is 0 Å². The number of ketones is 1. The van der Waals surface area contributed by atoms with E-state index in [0.717, 1.165) is 43.3 Å². The quantitative estimate of drug-likeness (QED) is 0.513. The maximum absolute atomic E-state index is 12.9. The Hall–Kier alpha value is -2.51. The number of sulfonamides is 1. The van der Waals surface area contributed by atoms with Crippen molar-refractivity contribution in [3.8, 4) is 0 Å². The van der Waals surface area contributed by atoms with Crippen molar-refractivity contribution < 1.29 is 44.3 Å². The lowest BCUT2D eigenvalue weighted by molar-refractivity contribution is -0.137. The number of aromatic nitrogens is 1. The molecule has 0 saturated carbocycles. The number of hydrogen-bond acceptors (Lipinski definition) is 5. The van der Waals surface area contributed by atoms with Crippen molar-refractivity contribution in [2.45, 2.75) is 55.5 Å². The summed E-state index contributed by atoms with van der Waals surface area (Å²) in [4.78, 5) is 16.0. The monoisotopic (exact) mass is 524 g/mol. The topological polar surface area (TPSA) is 85.4 Å². The van der Waals surface area contributed by atoms with Crippen molar-refractivity contribution in [1.29, 1.82) is 0 Å². The predicted molar refractivity (Wildman–Crippen MR) is 112 cm³/mol. The zero-order valence-electron chi connectivity index (χ0n) is 18.2. The highest BCUT2D eigenvalue weighted by Crippen LogP contribution is 2.32. The summed E-state index contributed by atoms with van der Waals surface area (Å²) in [5, 5.41) is 0. The average molecular weight is 524 g/mol. The smallest absolute Gasteiger partial charge is 0.374 e. The molecule has 6 nitrogen and oxygen atoms in total. The molecule has 0 amide bonds. The van der Waals surface area contributed by atoms with E-state index >= 15 is 0 Å². The van der Waals surface area contributed by atoms with Gasteiger partial charge in [0.2, 0.25) is 10.0 Å². The van der Waals surface area contributed by atoms with Gasteiger partial charge in [-0.3, -0.25) is 9.78 Å². The van der Waals surface area contributed by atoms with E-state index in [4.69, 9.17) is 4.74 Å². The molecule has 1 unspecified atom stereocenters. The summed E-state index contributed by atoms with van der Waals surface area (Å²) in [5.74, 6) is -0.549. The molecule has 2 aromatic rings. The van der Waals surface area contributed by atoms with Crippen molar-refractivity contribution >= 4 is 15.8 Å². The van der Waals surface area contributed by atoms with E-state index in [0.29, 0.717) is 18.6 Å². The Morgan fingerprint density at radius 1 is 1.06 bits per heavy atom. The molecular formula is C22H22F6N2O4S. The Bertz CT molecular complexity index is 1160. The molecule has 0 radical (unpaired) electrons. The van der Waals surface area contributed by atoms with Crippen LogP contribution in [0.2, 0.25) is 0 Å². The van der Waals surface area contributed by atoms with Crippen molar-refractivity contribution in [2.24, 2.45) is 0 Å². The Kier molecular flexibility index (Phi) is 8.22. The van der Waals surface area contributed by atoms with E-state index in [1.807, 2.05) is 0 Å². The van der Waals surface area contributed by atoms with Gasteiger partial charge in [0.05, 0.1) is 16.6 Å². The van der Waals surface area contributed by atoms with Gasteiger partial charge in [-0.15, -0.1) is 0 Å². The van der Waals surface area contributed by atoms with Crippen LogP contribution in [0.5, 0.6) is 0 Å². The van der Waals surface area contributed by atoms with Gasteiger partial charge in [0.1, 0.15) is 12.3 Å². The number of carbonyl (C=O) groups is 1. The van der Waals surface area contributed by atoms with E-state index in [2.05, 4.69) is 4.98 Å².